The van der Waals surface area contributed by atoms with Crippen molar-refractivity contribution in [2.75, 3.05) is 33.4 Å². The Morgan fingerprint density at radius 2 is 2.23 bits per heavy atom. The van der Waals surface area contributed by atoms with E-state index in [0.29, 0.717) is 6.04 Å². The minimum atomic E-state index is 0.561. The molecule has 0 unspecified atom stereocenters. The van der Waals surface area contributed by atoms with E-state index >= 15 is 0 Å². The fourth-order valence-corrected chi connectivity index (χ4v) is 1.57. The lowest BCUT2D eigenvalue weighted by Gasteiger charge is -2.29. The van der Waals surface area contributed by atoms with Crippen molar-refractivity contribution in [1.29, 1.82) is 0 Å². The maximum atomic E-state index is 10.4. The first-order valence-corrected chi connectivity index (χ1v) is 4.78. The first kappa shape index (κ1) is 10.5. The topological polar surface area (TPSA) is 41.6 Å². The standard InChI is InChI=1S/C9H18N2O2/c1-13-7-4-10-9-2-5-11(8-12)6-3-9/h8-10H,2-7H2,1H3. The van der Waals surface area contributed by atoms with Gasteiger partial charge in [-0.25, -0.2) is 0 Å². The van der Waals surface area contributed by atoms with Crippen molar-refractivity contribution < 1.29 is 9.53 Å². The van der Waals surface area contributed by atoms with Crippen LogP contribution in [0.2, 0.25) is 0 Å². The molecule has 4 heteroatoms. The van der Waals surface area contributed by atoms with Crippen LogP contribution in [-0.2, 0) is 9.53 Å². The zero-order chi connectivity index (χ0) is 9.52. The summed E-state index contributed by atoms with van der Waals surface area (Å²) in [5.74, 6) is 0. The lowest BCUT2D eigenvalue weighted by molar-refractivity contribution is -0.119. The van der Waals surface area contributed by atoms with Gasteiger partial charge in [-0.3, -0.25) is 4.79 Å². The number of methoxy groups -OCH3 is 1. The van der Waals surface area contributed by atoms with E-state index in [0.717, 1.165) is 45.5 Å². The number of ether oxygens (including phenoxy) is 1. The number of piperidine rings is 1. The molecule has 1 aliphatic rings. The molecule has 13 heavy (non-hydrogen) atoms. The second-order valence-electron chi connectivity index (χ2n) is 3.36. The molecule has 1 aliphatic heterocycles. The summed E-state index contributed by atoms with van der Waals surface area (Å²) in [4.78, 5) is 12.2. The maximum absolute atomic E-state index is 10.4. The van der Waals surface area contributed by atoms with E-state index in [-0.39, 0.29) is 0 Å². The molecular weight excluding hydrogens is 168 g/mol. The summed E-state index contributed by atoms with van der Waals surface area (Å²) in [6.45, 7) is 3.43. The Hall–Kier alpha value is -0.610. The molecule has 1 fully saturated rings. The second-order valence-corrected chi connectivity index (χ2v) is 3.36. The molecule has 0 aromatic rings. The first-order valence-electron chi connectivity index (χ1n) is 4.78. The minimum Gasteiger partial charge on any atom is -0.383 e. The predicted molar refractivity (Wildman–Crippen MR) is 50.5 cm³/mol. The molecule has 0 aromatic heterocycles. The fraction of sp³-hybridized carbons (Fsp3) is 0.889. The molecule has 1 rings (SSSR count). The first-order chi connectivity index (χ1) is 6.36. The second kappa shape index (κ2) is 5.94. The molecule has 0 spiro atoms. The van der Waals surface area contributed by atoms with Gasteiger partial charge in [0.25, 0.3) is 0 Å². The third-order valence-corrected chi connectivity index (χ3v) is 2.42. The smallest absolute Gasteiger partial charge is 0.209 e. The summed E-state index contributed by atoms with van der Waals surface area (Å²) in [5, 5.41) is 3.40. The molecule has 0 saturated carbocycles. The zero-order valence-corrected chi connectivity index (χ0v) is 8.16. The highest BCUT2D eigenvalue weighted by Gasteiger charge is 2.16. The van der Waals surface area contributed by atoms with Crippen LogP contribution in [0.25, 0.3) is 0 Å². The molecule has 1 saturated heterocycles. The summed E-state index contributed by atoms with van der Waals surface area (Å²) < 4.78 is 4.95. The maximum Gasteiger partial charge on any atom is 0.209 e. The summed E-state index contributed by atoms with van der Waals surface area (Å²) in [7, 11) is 1.71. The quantitative estimate of drug-likeness (QED) is 0.479. The van der Waals surface area contributed by atoms with Crippen LogP contribution < -0.4 is 5.32 Å². The van der Waals surface area contributed by atoms with Crippen molar-refractivity contribution in [2.45, 2.75) is 18.9 Å². The van der Waals surface area contributed by atoms with Crippen LogP contribution in [0.5, 0.6) is 0 Å². The molecule has 1 heterocycles. The van der Waals surface area contributed by atoms with E-state index < -0.39 is 0 Å². The molecule has 0 atom stereocenters. The molecule has 1 N–H and O–H groups in total. The number of nitrogens with zero attached hydrogens (tertiary/aromatic N) is 1. The Bertz CT molecular complexity index is 145. The Morgan fingerprint density at radius 3 is 2.77 bits per heavy atom. The Morgan fingerprint density at radius 1 is 1.54 bits per heavy atom. The minimum absolute atomic E-state index is 0.561. The number of rotatable bonds is 5. The van der Waals surface area contributed by atoms with Crippen LogP contribution in [0.1, 0.15) is 12.8 Å². The van der Waals surface area contributed by atoms with Gasteiger partial charge in [-0.1, -0.05) is 0 Å². The predicted octanol–water partition coefficient (Wildman–Crippen LogP) is -0.157. The van der Waals surface area contributed by atoms with Gasteiger partial charge >= 0.3 is 0 Å². The normalized spacial score (nSPS) is 19.0. The number of likely N-dealkylation sites (tertiary alicyclic amines) is 1. The van der Waals surface area contributed by atoms with Gasteiger partial charge in [-0.05, 0) is 12.8 Å². The van der Waals surface area contributed by atoms with Crippen molar-refractivity contribution in [3.8, 4) is 0 Å². The van der Waals surface area contributed by atoms with Crippen molar-refractivity contribution in [2.24, 2.45) is 0 Å². The molecule has 0 bridgehead atoms. The third kappa shape index (κ3) is 3.74. The summed E-state index contributed by atoms with van der Waals surface area (Å²) >= 11 is 0. The summed E-state index contributed by atoms with van der Waals surface area (Å²) in [6.07, 6.45) is 3.05. The van der Waals surface area contributed by atoms with E-state index in [2.05, 4.69) is 5.32 Å². The fourth-order valence-electron chi connectivity index (χ4n) is 1.57. The Labute approximate surface area is 79.2 Å². The van der Waals surface area contributed by atoms with Gasteiger partial charge < -0.3 is 15.0 Å². The average Bonchev–Trinajstić information content (AvgIpc) is 2.19. The monoisotopic (exact) mass is 186 g/mol. The number of carbonyl (C=O) groups excluding carboxylic acids is 1. The summed E-state index contributed by atoms with van der Waals surface area (Å²) in [5.41, 5.74) is 0. The SMILES string of the molecule is COCCNC1CCN(C=O)CC1. The Balaban J connectivity index is 2.07. The number of nitrogens with one attached hydrogen (secondary N) is 1. The number of hydrogen-bond acceptors (Lipinski definition) is 3. The van der Waals surface area contributed by atoms with Crippen molar-refractivity contribution in [1.82, 2.24) is 10.2 Å². The van der Waals surface area contributed by atoms with Gasteiger partial charge in [0.15, 0.2) is 0 Å². The van der Waals surface area contributed by atoms with Gasteiger partial charge in [0.1, 0.15) is 0 Å². The molecule has 0 aromatic carbocycles. The third-order valence-electron chi connectivity index (χ3n) is 2.42. The molecular formula is C9H18N2O2. The number of carbonyl (C=O) groups is 1. The molecule has 0 radical (unpaired) electrons. The largest absolute Gasteiger partial charge is 0.383 e. The van der Waals surface area contributed by atoms with Gasteiger partial charge in [0.05, 0.1) is 6.61 Å². The highest BCUT2D eigenvalue weighted by atomic mass is 16.5. The van der Waals surface area contributed by atoms with E-state index in [1.165, 1.54) is 0 Å². The van der Waals surface area contributed by atoms with E-state index in [9.17, 15) is 4.79 Å². The van der Waals surface area contributed by atoms with Crippen LogP contribution in [0.15, 0.2) is 0 Å². The molecule has 76 valence electrons. The van der Waals surface area contributed by atoms with Gasteiger partial charge in [0, 0.05) is 32.8 Å². The van der Waals surface area contributed by atoms with Crippen LogP contribution in [0, 0.1) is 0 Å². The zero-order valence-electron chi connectivity index (χ0n) is 8.16. The van der Waals surface area contributed by atoms with Crippen LogP contribution in [-0.4, -0.2) is 50.7 Å². The lowest BCUT2D eigenvalue weighted by Crippen LogP contribution is -2.42. The summed E-state index contributed by atoms with van der Waals surface area (Å²) in [6, 6.07) is 0.561. The Kier molecular flexibility index (Phi) is 4.78. The van der Waals surface area contributed by atoms with E-state index in [1.807, 2.05) is 4.90 Å². The highest BCUT2D eigenvalue weighted by molar-refractivity contribution is 5.47. The van der Waals surface area contributed by atoms with Crippen molar-refractivity contribution in [3.05, 3.63) is 0 Å². The number of hydrogen-bond donors (Lipinski definition) is 1. The average molecular weight is 186 g/mol. The van der Waals surface area contributed by atoms with E-state index in [4.69, 9.17) is 4.74 Å². The van der Waals surface area contributed by atoms with Gasteiger partial charge in [0.2, 0.25) is 6.41 Å². The number of amides is 1. The van der Waals surface area contributed by atoms with Gasteiger partial charge in [-0.2, -0.15) is 0 Å². The van der Waals surface area contributed by atoms with Gasteiger partial charge in [-0.15, -0.1) is 0 Å². The van der Waals surface area contributed by atoms with Crippen molar-refractivity contribution >= 4 is 6.41 Å². The van der Waals surface area contributed by atoms with Crippen molar-refractivity contribution in [3.63, 3.8) is 0 Å². The molecule has 0 aliphatic carbocycles. The van der Waals surface area contributed by atoms with E-state index in [1.54, 1.807) is 7.11 Å². The molecule has 4 nitrogen and oxygen atoms in total. The van der Waals surface area contributed by atoms with Crippen LogP contribution in [0.3, 0.4) is 0 Å². The lowest BCUT2D eigenvalue weighted by atomic mass is 10.1. The van der Waals surface area contributed by atoms with Crippen LogP contribution >= 0.6 is 0 Å². The van der Waals surface area contributed by atoms with Crippen LogP contribution in [0.4, 0.5) is 0 Å². The highest BCUT2D eigenvalue weighted by Crippen LogP contribution is 2.07. The molecule has 1 amide bonds.